The van der Waals surface area contributed by atoms with E-state index in [1.807, 2.05) is 11.9 Å². The summed E-state index contributed by atoms with van der Waals surface area (Å²) >= 11 is 6.00. The SMILES string of the molecule is CN(CC1(O)CCCC1)c1ncncc1Cl. The van der Waals surface area contributed by atoms with Crippen molar-refractivity contribution in [2.24, 2.45) is 0 Å². The van der Waals surface area contributed by atoms with Gasteiger partial charge in [0, 0.05) is 13.6 Å². The van der Waals surface area contributed by atoms with Crippen LogP contribution in [0.4, 0.5) is 5.82 Å². The Morgan fingerprint density at radius 3 is 2.81 bits per heavy atom. The number of anilines is 1. The van der Waals surface area contributed by atoms with E-state index in [0.717, 1.165) is 25.7 Å². The summed E-state index contributed by atoms with van der Waals surface area (Å²) in [5.74, 6) is 0.678. The lowest BCUT2D eigenvalue weighted by molar-refractivity contribution is 0.0558. The summed E-state index contributed by atoms with van der Waals surface area (Å²) in [4.78, 5) is 9.87. The van der Waals surface area contributed by atoms with Crippen LogP contribution < -0.4 is 4.90 Å². The monoisotopic (exact) mass is 241 g/mol. The molecule has 0 unspecified atom stereocenters. The molecule has 1 N–H and O–H groups in total. The van der Waals surface area contributed by atoms with Crippen LogP contribution in [0.5, 0.6) is 0 Å². The molecule has 1 fully saturated rings. The lowest BCUT2D eigenvalue weighted by atomic mass is 10.0. The van der Waals surface area contributed by atoms with Gasteiger partial charge >= 0.3 is 0 Å². The molecule has 4 nitrogen and oxygen atoms in total. The second-order valence-electron chi connectivity index (χ2n) is 4.48. The molecule has 1 aromatic heterocycles. The molecule has 0 saturated heterocycles. The fraction of sp³-hybridized carbons (Fsp3) is 0.636. The van der Waals surface area contributed by atoms with Crippen LogP contribution in [0.1, 0.15) is 25.7 Å². The summed E-state index contributed by atoms with van der Waals surface area (Å²) < 4.78 is 0. The predicted molar refractivity (Wildman–Crippen MR) is 63.7 cm³/mol. The second kappa shape index (κ2) is 4.55. The fourth-order valence-corrected chi connectivity index (χ4v) is 2.54. The normalized spacial score (nSPS) is 18.7. The van der Waals surface area contributed by atoms with Crippen LogP contribution >= 0.6 is 11.6 Å². The highest BCUT2D eigenvalue weighted by atomic mass is 35.5. The fourth-order valence-electron chi connectivity index (χ4n) is 2.29. The first kappa shape index (κ1) is 11.6. The third-order valence-corrected chi connectivity index (χ3v) is 3.34. The van der Waals surface area contributed by atoms with Crippen LogP contribution in [-0.2, 0) is 0 Å². The molecule has 16 heavy (non-hydrogen) atoms. The zero-order chi connectivity index (χ0) is 11.6. The quantitative estimate of drug-likeness (QED) is 0.878. The Balaban J connectivity index is 2.08. The molecule has 0 amide bonds. The standard InChI is InChI=1S/C11H16ClN3O/c1-15(7-11(16)4-2-3-5-11)10-9(12)6-13-8-14-10/h6,8,16H,2-5,7H2,1H3. The summed E-state index contributed by atoms with van der Waals surface area (Å²) in [6, 6.07) is 0. The number of likely N-dealkylation sites (N-methyl/N-ethyl adjacent to an activating group) is 1. The molecular formula is C11H16ClN3O. The number of aliphatic hydroxyl groups is 1. The smallest absolute Gasteiger partial charge is 0.150 e. The average molecular weight is 242 g/mol. The van der Waals surface area contributed by atoms with Crippen molar-refractivity contribution in [1.82, 2.24) is 9.97 Å². The maximum atomic E-state index is 10.3. The van der Waals surface area contributed by atoms with Crippen molar-refractivity contribution in [1.29, 1.82) is 0 Å². The molecule has 88 valence electrons. The van der Waals surface area contributed by atoms with Gasteiger partial charge < -0.3 is 10.0 Å². The van der Waals surface area contributed by atoms with E-state index >= 15 is 0 Å². The van der Waals surface area contributed by atoms with Crippen LogP contribution in [-0.4, -0.2) is 34.3 Å². The Morgan fingerprint density at radius 1 is 1.50 bits per heavy atom. The van der Waals surface area contributed by atoms with Crippen LogP contribution in [0.15, 0.2) is 12.5 Å². The van der Waals surface area contributed by atoms with Gasteiger partial charge in [0.1, 0.15) is 11.3 Å². The Bertz CT molecular complexity index is 366. The van der Waals surface area contributed by atoms with Gasteiger partial charge in [-0.1, -0.05) is 24.4 Å². The van der Waals surface area contributed by atoms with E-state index < -0.39 is 5.60 Å². The number of hydrogen-bond acceptors (Lipinski definition) is 4. The van der Waals surface area contributed by atoms with Gasteiger partial charge in [-0.25, -0.2) is 9.97 Å². The zero-order valence-electron chi connectivity index (χ0n) is 9.36. The topological polar surface area (TPSA) is 49.2 Å². The van der Waals surface area contributed by atoms with Crippen LogP contribution in [0.2, 0.25) is 5.02 Å². The molecule has 1 saturated carbocycles. The van der Waals surface area contributed by atoms with Crippen LogP contribution in [0, 0.1) is 0 Å². The van der Waals surface area contributed by atoms with Crippen molar-refractivity contribution in [3.05, 3.63) is 17.5 Å². The average Bonchev–Trinajstić information content (AvgIpc) is 2.65. The predicted octanol–water partition coefficient (Wildman–Crippen LogP) is 1.87. The largest absolute Gasteiger partial charge is 0.388 e. The van der Waals surface area contributed by atoms with Gasteiger partial charge in [0.05, 0.1) is 11.8 Å². The minimum Gasteiger partial charge on any atom is -0.388 e. The number of nitrogens with zero attached hydrogens (tertiary/aromatic N) is 3. The Morgan fingerprint density at radius 2 is 2.19 bits per heavy atom. The Labute approximate surface area is 100 Å². The molecule has 0 atom stereocenters. The van der Waals surface area contributed by atoms with Crippen molar-refractivity contribution < 1.29 is 5.11 Å². The van der Waals surface area contributed by atoms with Gasteiger partial charge in [0.2, 0.25) is 0 Å². The summed E-state index contributed by atoms with van der Waals surface area (Å²) in [7, 11) is 1.89. The van der Waals surface area contributed by atoms with E-state index in [1.165, 1.54) is 6.33 Å². The summed E-state index contributed by atoms with van der Waals surface area (Å²) in [5.41, 5.74) is -0.580. The van der Waals surface area contributed by atoms with Crippen LogP contribution in [0.3, 0.4) is 0 Å². The molecule has 1 aliphatic carbocycles. The van der Waals surface area contributed by atoms with Gasteiger partial charge in [0.25, 0.3) is 0 Å². The highest BCUT2D eigenvalue weighted by Gasteiger charge is 2.32. The van der Waals surface area contributed by atoms with Crippen molar-refractivity contribution >= 4 is 17.4 Å². The first-order chi connectivity index (χ1) is 7.61. The second-order valence-corrected chi connectivity index (χ2v) is 4.89. The van der Waals surface area contributed by atoms with Crippen molar-refractivity contribution in [2.75, 3.05) is 18.5 Å². The molecule has 0 bridgehead atoms. The Kier molecular flexibility index (Phi) is 3.30. The summed E-state index contributed by atoms with van der Waals surface area (Å²) in [6.45, 7) is 0.573. The summed E-state index contributed by atoms with van der Waals surface area (Å²) in [5, 5.41) is 10.8. The highest BCUT2D eigenvalue weighted by molar-refractivity contribution is 6.32. The van der Waals surface area contributed by atoms with Gasteiger partial charge in [-0.2, -0.15) is 0 Å². The third kappa shape index (κ3) is 2.44. The molecule has 0 aliphatic heterocycles. The molecule has 5 heteroatoms. The van der Waals surface area contributed by atoms with E-state index in [1.54, 1.807) is 6.20 Å². The maximum absolute atomic E-state index is 10.3. The minimum atomic E-state index is -0.580. The number of hydrogen-bond donors (Lipinski definition) is 1. The van der Waals surface area contributed by atoms with E-state index in [-0.39, 0.29) is 0 Å². The molecular weight excluding hydrogens is 226 g/mol. The number of aromatic nitrogens is 2. The lowest BCUT2D eigenvalue weighted by Crippen LogP contribution is -2.39. The van der Waals surface area contributed by atoms with Crippen molar-refractivity contribution in [3.63, 3.8) is 0 Å². The number of rotatable bonds is 3. The lowest BCUT2D eigenvalue weighted by Gasteiger charge is -2.29. The molecule has 2 rings (SSSR count). The Hall–Kier alpha value is -0.870. The molecule has 0 spiro atoms. The molecule has 0 radical (unpaired) electrons. The maximum Gasteiger partial charge on any atom is 0.150 e. The molecule has 1 heterocycles. The first-order valence-electron chi connectivity index (χ1n) is 5.50. The van der Waals surface area contributed by atoms with Crippen molar-refractivity contribution in [2.45, 2.75) is 31.3 Å². The van der Waals surface area contributed by atoms with Gasteiger partial charge in [-0.3, -0.25) is 0 Å². The van der Waals surface area contributed by atoms with Gasteiger partial charge in [-0.15, -0.1) is 0 Å². The molecule has 1 aromatic rings. The molecule has 0 aromatic carbocycles. The van der Waals surface area contributed by atoms with Gasteiger partial charge in [-0.05, 0) is 12.8 Å². The first-order valence-corrected chi connectivity index (χ1v) is 5.88. The van der Waals surface area contributed by atoms with E-state index in [9.17, 15) is 5.11 Å². The zero-order valence-corrected chi connectivity index (χ0v) is 10.1. The van der Waals surface area contributed by atoms with E-state index in [0.29, 0.717) is 17.4 Å². The van der Waals surface area contributed by atoms with E-state index in [4.69, 9.17) is 11.6 Å². The number of halogens is 1. The molecule has 1 aliphatic rings. The van der Waals surface area contributed by atoms with Crippen molar-refractivity contribution in [3.8, 4) is 0 Å². The van der Waals surface area contributed by atoms with E-state index in [2.05, 4.69) is 9.97 Å². The third-order valence-electron chi connectivity index (χ3n) is 3.08. The summed E-state index contributed by atoms with van der Waals surface area (Å²) in [6.07, 6.45) is 6.96. The van der Waals surface area contributed by atoms with Crippen LogP contribution in [0.25, 0.3) is 0 Å². The van der Waals surface area contributed by atoms with Gasteiger partial charge in [0.15, 0.2) is 5.82 Å². The highest BCUT2D eigenvalue weighted by Crippen LogP contribution is 2.31. The minimum absolute atomic E-state index is 0.520.